The molecule has 0 bridgehead atoms. The normalized spacial score (nSPS) is 18.2. The van der Waals surface area contributed by atoms with Crippen LogP contribution < -0.4 is 5.32 Å². The molecule has 2 aromatic rings. The van der Waals surface area contributed by atoms with E-state index in [1.54, 1.807) is 6.92 Å². The molecule has 1 unspecified atom stereocenters. The number of nitrogens with one attached hydrogen (secondary N) is 1. The van der Waals surface area contributed by atoms with Crippen LogP contribution in [0.15, 0.2) is 48.5 Å². The first-order valence-electron chi connectivity index (χ1n) is 10.8. The minimum absolute atomic E-state index is 0.0439. The van der Waals surface area contributed by atoms with Crippen LogP contribution in [0.4, 0.5) is 4.79 Å². The molecule has 1 fully saturated rings. The maximum atomic E-state index is 12.6. The number of carboxylic acid groups (broad SMARTS) is 1. The molecule has 0 aromatic heterocycles. The van der Waals surface area contributed by atoms with Crippen molar-refractivity contribution < 1.29 is 19.4 Å². The molecule has 1 amide bonds. The number of ether oxygens (including phenoxy) is 1. The fourth-order valence-electron chi connectivity index (χ4n) is 5.02. The minimum atomic E-state index is -1.31. The van der Waals surface area contributed by atoms with Gasteiger partial charge in [0.05, 0.1) is 0 Å². The molecular formula is C25H29NO4. The monoisotopic (exact) mass is 407 g/mol. The molecule has 0 aliphatic heterocycles. The van der Waals surface area contributed by atoms with E-state index < -0.39 is 17.6 Å². The summed E-state index contributed by atoms with van der Waals surface area (Å²) in [5.41, 5.74) is 3.28. The van der Waals surface area contributed by atoms with Gasteiger partial charge in [-0.15, -0.1) is 0 Å². The predicted molar refractivity (Wildman–Crippen MR) is 115 cm³/mol. The summed E-state index contributed by atoms with van der Waals surface area (Å²) in [6.07, 6.45) is 5.28. The van der Waals surface area contributed by atoms with E-state index in [0.717, 1.165) is 47.9 Å². The van der Waals surface area contributed by atoms with Crippen molar-refractivity contribution in [2.45, 2.75) is 56.9 Å². The van der Waals surface area contributed by atoms with E-state index in [0.29, 0.717) is 12.3 Å². The summed E-state index contributed by atoms with van der Waals surface area (Å²) in [4.78, 5) is 24.5. The third-order valence-corrected chi connectivity index (χ3v) is 6.62. The summed E-state index contributed by atoms with van der Waals surface area (Å²) in [6, 6.07) is 16.3. The molecule has 0 saturated heterocycles. The van der Waals surface area contributed by atoms with E-state index in [4.69, 9.17) is 4.74 Å². The second-order valence-electron chi connectivity index (χ2n) is 8.80. The standard InChI is InChI=1S/C25H29NO4/c1-25(23(27)28,15-17-9-3-2-4-10-17)26-24(29)30-16-22-20-13-7-5-11-18(20)19-12-6-8-14-21(19)22/h5-8,11-14,17,22H,2-4,9-10,15-16H2,1H3,(H,26,29)(H,27,28). The second kappa shape index (κ2) is 8.50. The van der Waals surface area contributed by atoms with Crippen LogP contribution in [0, 0.1) is 5.92 Å². The zero-order valence-corrected chi connectivity index (χ0v) is 17.4. The number of amides is 1. The van der Waals surface area contributed by atoms with Gasteiger partial charge in [-0.25, -0.2) is 9.59 Å². The molecule has 2 aliphatic carbocycles. The number of rotatable bonds is 6. The zero-order chi connectivity index (χ0) is 21.1. The zero-order valence-electron chi connectivity index (χ0n) is 17.4. The van der Waals surface area contributed by atoms with E-state index in [9.17, 15) is 14.7 Å². The highest BCUT2D eigenvalue weighted by Gasteiger charge is 2.38. The van der Waals surface area contributed by atoms with Crippen molar-refractivity contribution in [1.82, 2.24) is 5.32 Å². The molecule has 1 atom stereocenters. The Balaban J connectivity index is 1.43. The van der Waals surface area contributed by atoms with Gasteiger partial charge in [-0.3, -0.25) is 0 Å². The number of carboxylic acids is 1. The Hall–Kier alpha value is -2.82. The van der Waals surface area contributed by atoms with Crippen LogP contribution in [-0.4, -0.2) is 29.3 Å². The number of carbonyl (C=O) groups is 2. The van der Waals surface area contributed by atoms with E-state index in [1.165, 1.54) is 6.42 Å². The minimum Gasteiger partial charge on any atom is -0.480 e. The Morgan fingerprint density at radius 3 is 2.13 bits per heavy atom. The van der Waals surface area contributed by atoms with Crippen LogP contribution >= 0.6 is 0 Å². The lowest BCUT2D eigenvalue weighted by Gasteiger charge is -2.32. The molecule has 2 N–H and O–H groups in total. The molecule has 158 valence electrons. The molecule has 0 radical (unpaired) electrons. The highest BCUT2D eigenvalue weighted by atomic mass is 16.5. The molecule has 30 heavy (non-hydrogen) atoms. The Morgan fingerprint density at radius 2 is 1.57 bits per heavy atom. The van der Waals surface area contributed by atoms with Gasteiger partial charge >= 0.3 is 12.1 Å². The van der Waals surface area contributed by atoms with Crippen molar-refractivity contribution >= 4 is 12.1 Å². The predicted octanol–water partition coefficient (Wildman–Crippen LogP) is 5.34. The molecule has 2 aromatic carbocycles. The van der Waals surface area contributed by atoms with E-state index >= 15 is 0 Å². The quantitative estimate of drug-likeness (QED) is 0.678. The van der Waals surface area contributed by atoms with Gasteiger partial charge in [0.25, 0.3) is 0 Å². The van der Waals surface area contributed by atoms with Crippen molar-refractivity contribution in [3.8, 4) is 11.1 Å². The summed E-state index contributed by atoms with van der Waals surface area (Å²) in [6.45, 7) is 1.77. The highest BCUT2D eigenvalue weighted by molar-refractivity contribution is 5.84. The molecule has 2 aliphatic rings. The first-order valence-corrected chi connectivity index (χ1v) is 10.8. The van der Waals surface area contributed by atoms with Crippen LogP contribution in [0.5, 0.6) is 0 Å². The van der Waals surface area contributed by atoms with Crippen molar-refractivity contribution in [1.29, 1.82) is 0 Å². The lowest BCUT2D eigenvalue weighted by Crippen LogP contribution is -2.53. The number of aliphatic carboxylic acids is 1. The number of carbonyl (C=O) groups excluding carboxylic acids is 1. The van der Waals surface area contributed by atoms with E-state index in [-0.39, 0.29) is 12.5 Å². The van der Waals surface area contributed by atoms with Gasteiger partial charge in [-0.2, -0.15) is 0 Å². The van der Waals surface area contributed by atoms with E-state index in [2.05, 4.69) is 29.6 Å². The number of fused-ring (bicyclic) bond motifs is 3. The van der Waals surface area contributed by atoms with Gasteiger partial charge in [0.1, 0.15) is 12.1 Å². The number of hydrogen-bond acceptors (Lipinski definition) is 3. The molecule has 1 saturated carbocycles. The molecule has 4 rings (SSSR count). The van der Waals surface area contributed by atoms with Gasteiger partial charge in [0.2, 0.25) is 0 Å². The van der Waals surface area contributed by atoms with Gasteiger partial charge in [-0.1, -0.05) is 80.6 Å². The molecule has 0 heterocycles. The van der Waals surface area contributed by atoms with Gasteiger partial charge in [-0.05, 0) is 41.5 Å². The van der Waals surface area contributed by atoms with Crippen LogP contribution in [0.1, 0.15) is 62.5 Å². The molecular weight excluding hydrogens is 378 g/mol. The van der Waals surface area contributed by atoms with Gasteiger partial charge < -0.3 is 15.2 Å². The first kappa shape index (κ1) is 20.5. The first-order chi connectivity index (χ1) is 14.5. The fraction of sp³-hybridized carbons (Fsp3) is 0.440. The maximum Gasteiger partial charge on any atom is 0.408 e. The Bertz CT molecular complexity index is 889. The largest absolute Gasteiger partial charge is 0.480 e. The van der Waals surface area contributed by atoms with Crippen LogP contribution in [0.25, 0.3) is 11.1 Å². The molecule has 5 heteroatoms. The topological polar surface area (TPSA) is 75.6 Å². The number of alkyl carbamates (subject to hydrolysis) is 1. The highest BCUT2D eigenvalue weighted by Crippen LogP contribution is 2.44. The van der Waals surface area contributed by atoms with Crippen molar-refractivity contribution in [3.05, 3.63) is 59.7 Å². The van der Waals surface area contributed by atoms with E-state index in [1.807, 2.05) is 24.3 Å². The SMILES string of the molecule is CC(CC1CCCCC1)(NC(=O)OCC1c2ccccc2-c2ccccc21)C(=O)O. The van der Waals surface area contributed by atoms with Gasteiger partial charge in [0.15, 0.2) is 0 Å². The average molecular weight is 408 g/mol. The maximum absolute atomic E-state index is 12.6. The molecule has 5 nitrogen and oxygen atoms in total. The summed E-state index contributed by atoms with van der Waals surface area (Å²) in [5, 5.41) is 12.4. The van der Waals surface area contributed by atoms with Crippen molar-refractivity contribution in [2.24, 2.45) is 5.92 Å². The lowest BCUT2D eigenvalue weighted by atomic mass is 9.80. The summed E-state index contributed by atoms with van der Waals surface area (Å²) in [7, 11) is 0. The third kappa shape index (κ3) is 4.07. The van der Waals surface area contributed by atoms with Gasteiger partial charge in [0, 0.05) is 5.92 Å². The second-order valence-corrected chi connectivity index (χ2v) is 8.80. The average Bonchev–Trinajstić information content (AvgIpc) is 3.06. The lowest BCUT2D eigenvalue weighted by molar-refractivity contribution is -0.144. The number of hydrogen-bond donors (Lipinski definition) is 2. The Morgan fingerprint density at radius 1 is 1.00 bits per heavy atom. The van der Waals surface area contributed by atoms with Crippen molar-refractivity contribution in [2.75, 3.05) is 6.61 Å². The number of benzene rings is 2. The van der Waals surface area contributed by atoms with Crippen LogP contribution in [0.3, 0.4) is 0 Å². The van der Waals surface area contributed by atoms with Crippen molar-refractivity contribution in [3.63, 3.8) is 0 Å². The smallest absolute Gasteiger partial charge is 0.408 e. The Kier molecular flexibility index (Phi) is 5.80. The fourth-order valence-corrected chi connectivity index (χ4v) is 5.02. The molecule has 0 spiro atoms. The summed E-state index contributed by atoms with van der Waals surface area (Å²) in [5.74, 6) is -0.729. The van der Waals surface area contributed by atoms with Crippen LogP contribution in [-0.2, 0) is 9.53 Å². The van der Waals surface area contributed by atoms with Crippen LogP contribution in [0.2, 0.25) is 0 Å². The summed E-state index contributed by atoms with van der Waals surface area (Å²) < 4.78 is 5.56. The Labute approximate surface area is 177 Å². The third-order valence-electron chi connectivity index (χ3n) is 6.62. The summed E-state index contributed by atoms with van der Waals surface area (Å²) >= 11 is 0.